The molecule has 0 amide bonds. The Morgan fingerprint density at radius 2 is 2.17 bits per heavy atom. The van der Waals surface area contributed by atoms with Gasteiger partial charge >= 0.3 is 5.97 Å². The minimum absolute atomic E-state index is 0.399. The number of nitrogens with zero attached hydrogens (tertiary/aromatic N) is 2. The van der Waals surface area contributed by atoms with E-state index in [2.05, 4.69) is 25.9 Å². The van der Waals surface area contributed by atoms with Crippen LogP contribution >= 0.6 is 15.9 Å². The molecule has 1 aromatic heterocycles. The second kappa shape index (κ2) is 4.15. The standard InChI is InChI=1S/C7H7BrN2O2/c8-6(7(11)12)1-5-2-9-4-10-3-5/h2-4,6H,1H2,(H,11,12)/t6-/m1/s1. The van der Waals surface area contributed by atoms with E-state index in [4.69, 9.17) is 5.11 Å². The maximum Gasteiger partial charge on any atom is 0.317 e. The van der Waals surface area contributed by atoms with Gasteiger partial charge in [0.05, 0.1) is 0 Å². The maximum absolute atomic E-state index is 10.4. The van der Waals surface area contributed by atoms with E-state index in [0.717, 1.165) is 5.56 Å². The summed E-state index contributed by atoms with van der Waals surface area (Å²) in [5, 5.41) is 8.56. The van der Waals surface area contributed by atoms with E-state index >= 15 is 0 Å². The van der Waals surface area contributed by atoms with Gasteiger partial charge in [-0.25, -0.2) is 9.97 Å². The molecule has 0 aromatic carbocycles. The lowest BCUT2D eigenvalue weighted by Gasteiger charge is -2.02. The Morgan fingerprint density at radius 3 is 2.67 bits per heavy atom. The zero-order chi connectivity index (χ0) is 8.97. The normalized spacial score (nSPS) is 12.4. The zero-order valence-electron chi connectivity index (χ0n) is 6.14. The molecular formula is C7H7BrN2O2. The van der Waals surface area contributed by atoms with Crippen LogP contribution in [0.1, 0.15) is 5.56 Å². The Hall–Kier alpha value is -0.970. The van der Waals surface area contributed by atoms with E-state index in [-0.39, 0.29) is 0 Å². The molecule has 5 heteroatoms. The van der Waals surface area contributed by atoms with Gasteiger partial charge < -0.3 is 5.11 Å². The van der Waals surface area contributed by atoms with Gasteiger partial charge in [-0.1, -0.05) is 15.9 Å². The van der Waals surface area contributed by atoms with Gasteiger partial charge in [-0.2, -0.15) is 0 Å². The Bertz CT molecular complexity index is 265. The van der Waals surface area contributed by atoms with Crippen molar-refractivity contribution in [2.45, 2.75) is 11.2 Å². The minimum atomic E-state index is -0.876. The summed E-state index contributed by atoms with van der Waals surface area (Å²) in [5.41, 5.74) is 0.807. The van der Waals surface area contributed by atoms with Crippen LogP contribution in [0, 0.1) is 0 Å². The topological polar surface area (TPSA) is 63.1 Å². The van der Waals surface area contributed by atoms with Crippen molar-refractivity contribution in [1.82, 2.24) is 9.97 Å². The first-order chi connectivity index (χ1) is 5.70. The summed E-state index contributed by atoms with van der Waals surface area (Å²) in [5.74, 6) is -0.876. The van der Waals surface area contributed by atoms with E-state index in [0.29, 0.717) is 6.42 Å². The van der Waals surface area contributed by atoms with Gasteiger partial charge in [-0.05, 0) is 12.0 Å². The number of hydrogen-bond donors (Lipinski definition) is 1. The van der Waals surface area contributed by atoms with Crippen molar-refractivity contribution in [3.8, 4) is 0 Å². The molecule has 0 aliphatic carbocycles. The third-order valence-electron chi connectivity index (χ3n) is 1.30. The average molecular weight is 231 g/mol. The number of hydrogen-bond acceptors (Lipinski definition) is 3. The summed E-state index contributed by atoms with van der Waals surface area (Å²) in [6, 6.07) is 0. The summed E-state index contributed by atoms with van der Waals surface area (Å²) in [7, 11) is 0. The molecule has 1 atom stereocenters. The number of carbonyl (C=O) groups is 1. The van der Waals surface area contributed by atoms with Crippen LogP contribution in [-0.4, -0.2) is 25.9 Å². The highest BCUT2D eigenvalue weighted by Crippen LogP contribution is 2.07. The summed E-state index contributed by atoms with van der Waals surface area (Å²) < 4.78 is 0. The quantitative estimate of drug-likeness (QED) is 0.784. The fourth-order valence-electron chi connectivity index (χ4n) is 0.730. The van der Waals surface area contributed by atoms with Crippen molar-refractivity contribution in [2.24, 2.45) is 0 Å². The predicted molar refractivity (Wildman–Crippen MR) is 46.1 cm³/mol. The molecule has 64 valence electrons. The predicted octanol–water partition coefficient (Wildman–Crippen LogP) is 0.867. The summed E-state index contributed by atoms with van der Waals surface area (Å²) in [6.45, 7) is 0. The summed E-state index contributed by atoms with van der Waals surface area (Å²) >= 11 is 3.02. The first-order valence-corrected chi connectivity index (χ1v) is 4.22. The van der Waals surface area contributed by atoms with Crippen molar-refractivity contribution < 1.29 is 9.90 Å². The van der Waals surface area contributed by atoms with Crippen LogP contribution in [0.5, 0.6) is 0 Å². The lowest BCUT2D eigenvalue weighted by atomic mass is 10.2. The minimum Gasteiger partial charge on any atom is -0.480 e. The third-order valence-corrected chi connectivity index (χ3v) is 2.01. The molecule has 1 N–H and O–H groups in total. The van der Waals surface area contributed by atoms with Gasteiger partial charge in [0, 0.05) is 12.4 Å². The smallest absolute Gasteiger partial charge is 0.317 e. The second-order valence-electron chi connectivity index (χ2n) is 2.26. The van der Waals surface area contributed by atoms with Crippen LogP contribution in [0.25, 0.3) is 0 Å². The van der Waals surface area contributed by atoms with Crippen LogP contribution in [-0.2, 0) is 11.2 Å². The van der Waals surface area contributed by atoms with Crippen LogP contribution in [0.2, 0.25) is 0 Å². The number of alkyl halides is 1. The molecule has 0 unspecified atom stereocenters. The molecule has 0 bridgehead atoms. The zero-order valence-corrected chi connectivity index (χ0v) is 7.73. The van der Waals surface area contributed by atoms with E-state index in [1.54, 1.807) is 12.4 Å². The molecule has 0 aliphatic rings. The highest BCUT2D eigenvalue weighted by molar-refractivity contribution is 9.10. The molecule has 1 aromatic rings. The molecule has 1 heterocycles. The van der Waals surface area contributed by atoms with Gasteiger partial charge in [0.25, 0.3) is 0 Å². The highest BCUT2D eigenvalue weighted by atomic mass is 79.9. The third kappa shape index (κ3) is 2.58. The fraction of sp³-hybridized carbons (Fsp3) is 0.286. The Labute approximate surface area is 77.8 Å². The SMILES string of the molecule is O=C(O)[C@H](Br)Cc1cncnc1. The molecule has 12 heavy (non-hydrogen) atoms. The molecule has 0 saturated heterocycles. The fourth-order valence-corrected chi connectivity index (χ4v) is 1.10. The Balaban J connectivity index is 2.58. The van der Waals surface area contributed by atoms with Gasteiger partial charge in [0.1, 0.15) is 11.2 Å². The molecule has 0 spiro atoms. The van der Waals surface area contributed by atoms with Crippen molar-refractivity contribution in [3.05, 3.63) is 24.3 Å². The number of carboxylic acid groups (broad SMARTS) is 1. The van der Waals surface area contributed by atoms with E-state index in [9.17, 15) is 4.79 Å². The first kappa shape index (κ1) is 9.12. The maximum atomic E-state index is 10.4. The molecule has 1 rings (SSSR count). The largest absolute Gasteiger partial charge is 0.480 e. The average Bonchev–Trinajstić information content (AvgIpc) is 2.06. The molecular weight excluding hydrogens is 224 g/mol. The van der Waals surface area contributed by atoms with Crippen molar-refractivity contribution in [3.63, 3.8) is 0 Å². The van der Waals surface area contributed by atoms with Gasteiger partial charge in [-0.3, -0.25) is 4.79 Å². The number of carboxylic acids is 1. The van der Waals surface area contributed by atoms with Gasteiger partial charge in [0.15, 0.2) is 0 Å². The van der Waals surface area contributed by atoms with Gasteiger partial charge in [-0.15, -0.1) is 0 Å². The molecule has 0 radical (unpaired) electrons. The van der Waals surface area contributed by atoms with Gasteiger partial charge in [0.2, 0.25) is 0 Å². The number of rotatable bonds is 3. The number of halogens is 1. The van der Waals surface area contributed by atoms with Crippen molar-refractivity contribution >= 4 is 21.9 Å². The number of aliphatic carboxylic acids is 1. The van der Waals surface area contributed by atoms with Crippen LogP contribution in [0.15, 0.2) is 18.7 Å². The summed E-state index contributed by atoms with van der Waals surface area (Å²) in [4.78, 5) is 17.4. The first-order valence-electron chi connectivity index (χ1n) is 3.31. The number of aromatic nitrogens is 2. The van der Waals surface area contributed by atoms with Crippen LogP contribution < -0.4 is 0 Å². The van der Waals surface area contributed by atoms with Crippen LogP contribution in [0.4, 0.5) is 0 Å². The molecule has 0 aliphatic heterocycles. The molecule has 4 nitrogen and oxygen atoms in total. The Morgan fingerprint density at radius 1 is 1.58 bits per heavy atom. The highest BCUT2D eigenvalue weighted by Gasteiger charge is 2.13. The molecule has 0 fully saturated rings. The van der Waals surface area contributed by atoms with Crippen LogP contribution in [0.3, 0.4) is 0 Å². The van der Waals surface area contributed by atoms with E-state index in [1.807, 2.05) is 0 Å². The Kier molecular flexibility index (Phi) is 3.16. The van der Waals surface area contributed by atoms with E-state index < -0.39 is 10.8 Å². The lowest BCUT2D eigenvalue weighted by Crippen LogP contribution is -2.15. The van der Waals surface area contributed by atoms with Crippen molar-refractivity contribution in [1.29, 1.82) is 0 Å². The van der Waals surface area contributed by atoms with Crippen molar-refractivity contribution in [2.75, 3.05) is 0 Å². The summed E-state index contributed by atoms with van der Waals surface area (Å²) in [6.07, 6.45) is 5.01. The van der Waals surface area contributed by atoms with E-state index in [1.165, 1.54) is 6.33 Å². The lowest BCUT2D eigenvalue weighted by molar-refractivity contribution is -0.136. The second-order valence-corrected chi connectivity index (χ2v) is 3.36. The molecule has 0 saturated carbocycles. The monoisotopic (exact) mass is 230 g/mol.